The standard InChI is InChI=1S/C31H39N3O6S/c1-23(30(36)32-31(2,3)4)33(20-25-13-10-14-28(19-25)39-5)29(35)21-34(41(6,37)38)26-15-17-27(18-16-26)40-22-24-11-8-7-9-12-24/h7-19,23H,20-22H2,1-6H3,(H,32,36)/t23-/m1/s1. The zero-order valence-corrected chi connectivity index (χ0v) is 25.3. The van der Waals surface area contributed by atoms with Gasteiger partial charge < -0.3 is 19.7 Å². The molecule has 3 aromatic carbocycles. The van der Waals surface area contributed by atoms with Gasteiger partial charge in [-0.3, -0.25) is 13.9 Å². The first-order valence-corrected chi connectivity index (χ1v) is 15.1. The molecule has 0 spiro atoms. The lowest BCUT2D eigenvalue weighted by molar-refractivity contribution is -0.140. The average molecular weight is 582 g/mol. The van der Waals surface area contributed by atoms with Gasteiger partial charge in [0.05, 0.1) is 19.1 Å². The van der Waals surface area contributed by atoms with E-state index in [-0.39, 0.29) is 12.5 Å². The molecular weight excluding hydrogens is 542 g/mol. The van der Waals surface area contributed by atoms with E-state index in [1.165, 1.54) is 4.90 Å². The van der Waals surface area contributed by atoms with Crippen LogP contribution in [0, 0.1) is 0 Å². The van der Waals surface area contributed by atoms with Gasteiger partial charge in [0, 0.05) is 12.1 Å². The van der Waals surface area contributed by atoms with Gasteiger partial charge in [-0.05, 0) is 75.2 Å². The van der Waals surface area contributed by atoms with Gasteiger partial charge in [0.15, 0.2) is 0 Å². The molecule has 1 atom stereocenters. The number of nitrogens with one attached hydrogen (secondary N) is 1. The number of nitrogens with zero attached hydrogens (tertiary/aromatic N) is 2. The maximum atomic E-state index is 13.8. The number of amides is 2. The second-order valence-electron chi connectivity index (χ2n) is 10.8. The Labute approximate surface area is 243 Å². The Morgan fingerprint density at radius 2 is 1.54 bits per heavy atom. The van der Waals surface area contributed by atoms with E-state index in [1.54, 1.807) is 56.5 Å². The summed E-state index contributed by atoms with van der Waals surface area (Å²) in [6.07, 6.45) is 1.04. The first kappa shape index (κ1) is 31.5. The highest BCUT2D eigenvalue weighted by Gasteiger charge is 2.31. The molecule has 0 unspecified atom stereocenters. The van der Waals surface area contributed by atoms with Gasteiger partial charge in [-0.1, -0.05) is 42.5 Å². The summed E-state index contributed by atoms with van der Waals surface area (Å²) in [6, 6.07) is 22.5. The molecule has 2 amide bonds. The van der Waals surface area contributed by atoms with Crippen LogP contribution in [0.1, 0.15) is 38.8 Å². The highest BCUT2D eigenvalue weighted by Crippen LogP contribution is 2.24. The Kier molecular flexibility index (Phi) is 10.4. The van der Waals surface area contributed by atoms with E-state index in [4.69, 9.17) is 9.47 Å². The molecule has 0 saturated heterocycles. The molecular formula is C31H39N3O6S. The topological polar surface area (TPSA) is 105 Å². The Morgan fingerprint density at radius 3 is 2.12 bits per heavy atom. The summed E-state index contributed by atoms with van der Waals surface area (Å²) in [7, 11) is -2.30. The number of hydrogen-bond donors (Lipinski definition) is 1. The van der Waals surface area contributed by atoms with Crippen LogP contribution in [-0.4, -0.2) is 56.6 Å². The summed E-state index contributed by atoms with van der Waals surface area (Å²) in [4.78, 5) is 28.2. The molecule has 0 saturated carbocycles. The zero-order valence-electron chi connectivity index (χ0n) is 24.5. The fourth-order valence-electron chi connectivity index (χ4n) is 4.09. The molecule has 0 aromatic heterocycles. The van der Waals surface area contributed by atoms with E-state index in [1.807, 2.05) is 57.2 Å². The van der Waals surface area contributed by atoms with E-state index >= 15 is 0 Å². The second-order valence-corrected chi connectivity index (χ2v) is 12.7. The van der Waals surface area contributed by atoms with Crippen LogP contribution in [0.5, 0.6) is 11.5 Å². The van der Waals surface area contributed by atoms with Gasteiger partial charge in [0.1, 0.15) is 30.7 Å². The maximum absolute atomic E-state index is 13.8. The van der Waals surface area contributed by atoms with Crippen molar-refractivity contribution in [1.29, 1.82) is 0 Å². The number of benzene rings is 3. The Morgan fingerprint density at radius 1 is 0.902 bits per heavy atom. The number of methoxy groups -OCH3 is 1. The summed E-state index contributed by atoms with van der Waals surface area (Å²) in [6.45, 7) is 7.14. The maximum Gasteiger partial charge on any atom is 0.244 e. The molecule has 3 aromatic rings. The van der Waals surface area contributed by atoms with Crippen LogP contribution in [0.25, 0.3) is 0 Å². The quantitative estimate of drug-likeness (QED) is 0.341. The van der Waals surface area contributed by atoms with Gasteiger partial charge >= 0.3 is 0 Å². The van der Waals surface area contributed by atoms with Gasteiger partial charge in [-0.15, -0.1) is 0 Å². The lowest BCUT2D eigenvalue weighted by atomic mass is 10.1. The predicted octanol–water partition coefficient (Wildman–Crippen LogP) is 4.37. The molecule has 0 radical (unpaired) electrons. The lowest BCUT2D eigenvalue weighted by Crippen LogP contribution is -2.54. The number of rotatable bonds is 12. The number of sulfonamides is 1. The predicted molar refractivity (Wildman–Crippen MR) is 160 cm³/mol. The van der Waals surface area contributed by atoms with Gasteiger partial charge in [-0.2, -0.15) is 0 Å². The Hall–Kier alpha value is -4.05. The minimum absolute atomic E-state index is 0.0820. The van der Waals surface area contributed by atoms with E-state index in [2.05, 4.69) is 5.32 Å². The Balaban J connectivity index is 1.84. The van der Waals surface area contributed by atoms with Gasteiger partial charge in [-0.25, -0.2) is 8.42 Å². The lowest BCUT2D eigenvalue weighted by Gasteiger charge is -2.33. The van der Waals surface area contributed by atoms with Crippen molar-refractivity contribution in [3.05, 3.63) is 90.0 Å². The van der Waals surface area contributed by atoms with Crippen molar-refractivity contribution >= 4 is 27.5 Å². The first-order chi connectivity index (χ1) is 19.3. The van der Waals surface area contributed by atoms with Crippen LogP contribution >= 0.6 is 0 Å². The average Bonchev–Trinajstić information content (AvgIpc) is 2.92. The van der Waals surface area contributed by atoms with Crippen molar-refractivity contribution in [3.63, 3.8) is 0 Å². The molecule has 3 rings (SSSR count). The third kappa shape index (κ3) is 9.53. The molecule has 0 aliphatic heterocycles. The van der Waals surface area contributed by atoms with Crippen molar-refractivity contribution in [2.75, 3.05) is 24.2 Å². The van der Waals surface area contributed by atoms with Crippen molar-refractivity contribution in [2.45, 2.75) is 52.4 Å². The third-order valence-corrected chi connectivity index (χ3v) is 7.35. The number of ether oxygens (including phenoxy) is 2. The van der Waals surface area contributed by atoms with Crippen LogP contribution in [0.3, 0.4) is 0 Å². The molecule has 1 N–H and O–H groups in total. The van der Waals surface area contributed by atoms with Crippen LogP contribution in [0.15, 0.2) is 78.9 Å². The highest BCUT2D eigenvalue weighted by molar-refractivity contribution is 7.92. The molecule has 0 bridgehead atoms. The normalized spacial score (nSPS) is 12.2. The van der Waals surface area contributed by atoms with Crippen LogP contribution in [-0.2, 0) is 32.8 Å². The van der Waals surface area contributed by atoms with E-state index in [9.17, 15) is 18.0 Å². The molecule has 0 heterocycles. The molecule has 0 fully saturated rings. The van der Waals surface area contributed by atoms with Crippen molar-refractivity contribution < 1.29 is 27.5 Å². The largest absolute Gasteiger partial charge is 0.497 e. The summed E-state index contributed by atoms with van der Waals surface area (Å²) >= 11 is 0. The number of anilines is 1. The highest BCUT2D eigenvalue weighted by atomic mass is 32.2. The van der Waals surface area contributed by atoms with Crippen molar-refractivity contribution in [1.82, 2.24) is 10.2 Å². The fraction of sp³-hybridized carbons (Fsp3) is 0.355. The molecule has 41 heavy (non-hydrogen) atoms. The van der Waals surface area contributed by atoms with Crippen LogP contribution in [0.2, 0.25) is 0 Å². The van der Waals surface area contributed by atoms with Gasteiger partial charge in [0.25, 0.3) is 0 Å². The third-order valence-electron chi connectivity index (χ3n) is 6.20. The number of hydrogen-bond acceptors (Lipinski definition) is 6. The van der Waals surface area contributed by atoms with E-state index in [0.29, 0.717) is 23.8 Å². The summed E-state index contributed by atoms with van der Waals surface area (Å²) in [5.41, 5.74) is 1.53. The van der Waals surface area contributed by atoms with E-state index in [0.717, 1.165) is 21.7 Å². The minimum atomic E-state index is -3.85. The SMILES string of the molecule is COc1cccc(CN(C(=O)CN(c2ccc(OCc3ccccc3)cc2)S(C)(=O)=O)[C@H](C)C(=O)NC(C)(C)C)c1. The van der Waals surface area contributed by atoms with Gasteiger partial charge in [0.2, 0.25) is 21.8 Å². The zero-order chi connectivity index (χ0) is 30.2. The molecule has 9 nitrogen and oxygen atoms in total. The monoisotopic (exact) mass is 581 g/mol. The fourth-order valence-corrected chi connectivity index (χ4v) is 4.94. The number of carbonyl (C=O) groups excluding carboxylic acids is 2. The molecule has 0 aliphatic carbocycles. The Bertz CT molecular complexity index is 1420. The van der Waals surface area contributed by atoms with Crippen molar-refractivity contribution in [3.8, 4) is 11.5 Å². The van der Waals surface area contributed by atoms with Crippen molar-refractivity contribution in [2.24, 2.45) is 0 Å². The van der Waals surface area contributed by atoms with Crippen LogP contribution in [0.4, 0.5) is 5.69 Å². The van der Waals surface area contributed by atoms with E-state index < -0.39 is 34.1 Å². The number of carbonyl (C=O) groups is 2. The molecule has 220 valence electrons. The summed E-state index contributed by atoms with van der Waals surface area (Å²) < 4.78 is 37.9. The summed E-state index contributed by atoms with van der Waals surface area (Å²) in [5, 5.41) is 2.90. The van der Waals surface area contributed by atoms with Crippen LogP contribution < -0.4 is 19.1 Å². The summed E-state index contributed by atoms with van der Waals surface area (Å²) in [5.74, 6) is 0.289. The molecule has 0 aliphatic rings. The smallest absolute Gasteiger partial charge is 0.244 e. The first-order valence-electron chi connectivity index (χ1n) is 13.3. The molecule has 10 heteroatoms. The second kappa shape index (κ2) is 13.5. The minimum Gasteiger partial charge on any atom is -0.497 e.